The molecule has 0 aliphatic heterocycles. The lowest BCUT2D eigenvalue weighted by atomic mass is 9.98. The highest BCUT2D eigenvalue weighted by Crippen LogP contribution is 2.44. The molecular formula is C66H38N8. The summed E-state index contributed by atoms with van der Waals surface area (Å²) >= 11 is 0. The van der Waals surface area contributed by atoms with Crippen LogP contribution in [-0.4, -0.2) is 14.1 Å². The van der Waals surface area contributed by atoms with Gasteiger partial charge in [-0.1, -0.05) is 97.1 Å². The summed E-state index contributed by atoms with van der Waals surface area (Å²) in [5.74, 6) is 0. The van der Waals surface area contributed by atoms with E-state index in [1.165, 1.54) is 0 Å². The number of benzene rings is 9. The van der Waals surface area contributed by atoms with Crippen molar-refractivity contribution in [2.24, 2.45) is 0 Å². The van der Waals surface area contributed by atoms with Crippen molar-refractivity contribution in [1.82, 2.24) is 14.1 Å². The van der Waals surface area contributed by atoms with Crippen LogP contribution in [0.2, 0.25) is 0 Å². The van der Waals surface area contributed by atoms with Gasteiger partial charge in [0.2, 0.25) is 0 Å². The maximum atomic E-state index is 11.6. The van der Waals surface area contributed by atoms with Gasteiger partial charge >= 0.3 is 0 Å². The molecular weight excluding hydrogens is 905 g/mol. The van der Waals surface area contributed by atoms with E-state index >= 15 is 0 Å². The molecule has 8 heteroatoms. The molecule has 0 bridgehead atoms. The maximum absolute atomic E-state index is 11.6. The average molecular weight is 943 g/mol. The predicted octanol–water partition coefficient (Wildman–Crippen LogP) is 15.6. The van der Waals surface area contributed by atoms with Crippen molar-refractivity contribution in [3.05, 3.63) is 233 Å². The molecule has 0 fully saturated rings. The molecule has 0 spiro atoms. The van der Waals surface area contributed by atoms with Gasteiger partial charge in [-0.3, -0.25) is 4.98 Å². The van der Waals surface area contributed by atoms with Crippen LogP contribution < -0.4 is 0 Å². The molecule has 0 N–H and O–H groups in total. The molecule has 0 aliphatic rings. The second-order valence-corrected chi connectivity index (χ2v) is 18.5. The molecule has 12 aromatic rings. The van der Waals surface area contributed by atoms with Crippen LogP contribution >= 0.6 is 0 Å². The minimum atomic E-state index is 0.444. The molecule has 3 heterocycles. The Balaban J connectivity index is 1.19. The molecule has 3 aromatic heterocycles. The third kappa shape index (κ3) is 7.56. The van der Waals surface area contributed by atoms with Gasteiger partial charge < -0.3 is 9.13 Å². The number of hydrogen-bond donors (Lipinski definition) is 0. The summed E-state index contributed by atoms with van der Waals surface area (Å²) in [5, 5.41) is 54.2. The second-order valence-electron chi connectivity index (χ2n) is 18.5. The Kier molecular flexibility index (Phi) is 10.7. The lowest BCUT2D eigenvalue weighted by Crippen LogP contribution is -2.04. The van der Waals surface area contributed by atoms with Crippen LogP contribution in [0.5, 0.6) is 0 Å². The second kappa shape index (κ2) is 17.9. The van der Waals surface area contributed by atoms with Crippen LogP contribution in [-0.2, 0) is 0 Å². The smallest absolute Gasteiger partial charge is 0.101 e. The first-order chi connectivity index (χ1) is 36.2. The molecule has 0 saturated heterocycles. The molecule has 0 unspecified atom stereocenters. The summed E-state index contributed by atoms with van der Waals surface area (Å²) in [6.07, 6.45) is 0. The third-order valence-corrected chi connectivity index (χ3v) is 14.0. The Morgan fingerprint density at radius 2 is 0.595 bits per heavy atom. The maximum Gasteiger partial charge on any atom is 0.101 e. The normalized spacial score (nSPS) is 11.0. The van der Waals surface area contributed by atoms with Crippen molar-refractivity contribution in [2.45, 2.75) is 13.8 Å². The van der Waals surface area contributed by atoms with Gasteiger partial charge in [0.25, 0.3) is 0 Å². The third-order valence-electron chi connectivity index (χ3n) is 14.0. The highest BCUT2D eigenvalue weighted by Gasteiger charge is 2.24. The largest absolute Gasteiger partial charge is 0.309 e. The minimum Gasteiger partial charge on any atom is -0.309 e. The lowest BCUT2D eigenvalue weighted by Gasteiger charge is -2.20. The Morgan fingerprint density at radius 3 is 0.892 bits per heavy atom. The van der Waals surface area contributed by atoms with Gasteiger partial charge in [0.15, 0.2) is 0 Å². The van der Waals surface area contributed by atoms with Crippen LogP contribution in [0.15, 0.2) is 194 Å². The average Bonchev–Trinajstić information content (AvgIpc) is 3.95. The molecule has 0 amide bonds. The highest BCUT2D eigenvalue weighted by atomic mass is 15.0. The SMILES string of the molecule is Cc1cc(-c2cc(-n3c4cc(-c5ccc(C#N)cc5)ccc4c4ccc(-c5ccc(C#N)cc5)cc43)c(C#N)cc2-n2c3cc(-c4ccc(C#N)cc4)ccc3c3ccc(-c4ccc(C#N)cc4)cc32)cc(C)n1. The van der Waals surface area contributed by atoms with Crippen molar-refractivity contribution in [2.75, 3.05) is 0 Å². The van der Waals surface area contributed by atoms with Crippen molar-refractivity contribution >= 4 is 43.6 Å². The summed E-state index contributed by atoms with van der Waals surface area (Å²) in [7, 11) is 0. The number of nitriles is 5. The van der Waals surface area contributed by atoms with Gasteiger partial charge in [0.1, 0.15) is 6.07 Å². The van der Waals surface area contributed by atoms with Gasteiger partial charge in [-0.2, -0.15) is 26.3 Å². The summed E-state index contributed by atoms with van der Waals surface area (Å²) < 4.78 is 4.48. The summed E-state index contributed by atoms with van der Waals surface area (Å²) in [4.78, 5) is 4.81. The van der Waals surface area contributed by atoms with E-state index in [-0.39, 0.29) is 0 Å². The highest BCUT2D eigenvalue weighted by molar-refractivity contribution is 6.13. The summed E-state index contributed by atoms with van der Waals surface area (Å²) in [6.45, 7) is 3.99. The van der Waals surface area contributed by atoms with E-state index in [0.717, 1.165) is 116 Å². The first-order valence-corrected chi connectivity index (χ1v) is 24.0. The van der Waals surface area contributed by atoms with Gasteiger partial charge in [-0.15, -0.1) is 0 Å². The predicted molar refractivity (Wildman–Crippen MR) is 293 cm³/mol. The van der Waals surface area contributed by atoms with E-state index in [0.29, 0.717) is 33.5 Å². The van der Waals surface area contributed by atoms with Gasteiger partial charge in [-0.05, 0) is 161 Å². The first-order valence-electron chi connectivity index (χ1n) is 24.0. The quantitative estimate of drug-likeness (QED) is 0.156. The fourth-order valence-corrected chi connectivity index (χ4v) is 10.5. The Morgan fingerprint density at radius 1 is 0.297 bits per heavy atom. The molecule has 0 radical (unpaired) electrons. The standard InChI is InChI=1S/C66H38N8/c1-40-27-54(28-41(2)72-40)60-34-61(73-62-29-50(46-11-3-42(35-67)4-12-46)19-23-56(62)57-24-20-51(30-63(57)73)47-13-5-43(36-68)6-14-47)55(39-71)33-66(60)74-64-31-52(48-15-7-44(37-69)8-16-48)21-25-58(64)59-26-22-53(32-65(59)74)49-17-9-45(38-70)10-18-49/h3-34H,1-2H3. The van der Waals surface area contributed by atoms with Crippen LogP contribution in [0.4, 0.5) is 0 Å². The van der Waals surface area contributed by atoms with Crippen molar-refractivity contribution < 1.29 is 0 Å². The fourth-order valence-electron chi connectivity index (χ4n) is 10.5. The zero-order valence-corrected chi connectivity index (χ0v) is 40.1. The number of aryl methyl sites for hydroxylation is 2. The number of hydrogen-bond acceptors (Lipinski definition) is 6. The summed E-state index contributed by atoms with van der Waals surface area (Å²) in [5.41, 5.74) is 19.0. The molecule has 0 saturated carbocycles. The van der Waals surface area contributed by atoms with E-state index in [1.54, 1.807) is 0 Å². The molecule has 12 rings (SSSR count). The van der Waals surface area contributed by atoms with Gasteiger partial charge in [0, 0.05) is 38.5 Å². The van der Waals surface area contributed by atoms with E-state index in [1.807, 2.05) is 117 Å². The molecule has 9 aromatic carbocycles. The number of fused-ring (bicyclic) bond motifs is 6. The minimum absolute atomic E-state index is 0.444. The Labute approximate surface area is 426 Å². The van der Waals surface area contributed by atoms with Crippen LogP contribution in [0.3, 0.4) is 0 Å². The van der Waals surface area contributed by atoms with Crippen LogP contribution in [0.25, 0.3) is 111 Å². The number of nitrogens with zero attached hydrogens (tertiary/aromatic N) is 8. The molecule has 74 heavy (non-hydrogen) atoms. The van der Waals surface area contributed by atoms with E-state index < -0.39 is 0 Å². The molecule has 0 aliphatic carbocycles. The lowest BCUT2D eigenvalue weighted by molar-refractivity contribution is 1.11. The van der Waals surface area contributed by atoms with Crippen molar-refractivity contribution in [1.29, 1.82) is 26.3 Å². The Bertz CT molecular complexity index is 4270. The Hall–Kier alpha value is -10.8. The van der Waals surface area contributed by atoms with Crippen molar-refractivity contribution in [3.8, 4) is 97.4 Å². The number of pyridine rings is 1. The van der Waals surface area contributed by atoms with E-state index in [2.05, 4.69) is 130 Å². The zero-order chi connectivity index (χ0) is 50.6. The summed E-state index contributed by atoms with van der Waals surface area (Å²) in [6, 6.07) is 76.0. The van der Waals surface area contributed by atoms with E-state index in [9.17, 15) is 26.3 Å². The van der Waals surface area contributed by atoms with E-state index in [4.69, 9.17) is 4.98 Å². The van der Waals surface area contributed by atoms with Crippen LogP contribution in [0.1, 0.15) is 39.2 Å². The number of aromatic nitrogens is 3. The van der Waals surface area contributed by atoms with Gasteiger partial charge in [-0.25, -0.2) is 0 Å². The zero-order valence-electron chi connectivity index (χ0n) is 40.1. The first kappa shape index (κ1) is 44.4. The van der Waals surface area contributed by atoms with Gasteiger partial charge in [0.05, 0.1) is 85.5 Å². The monoisotopic (exact) mass is 942 g/mol. The van der Waals surface area contributed by atoms with Crippen molar-refractivity contribution in [3.63, 3.8) is 0 Å². The van der Waals surface area contributed by atoms with Crippen LogP contribution in [0, 0.1) is 70.5 Å². The fraction of sp³-hybridized carbons (Fsp3) is 0.0303. The molecule has 0 atom stereocenters. The molecule has 342 valence electrons. The number of rotatable bonds is 7. The topological polar surface area (TPSA) is 142 Å². The molecule has 8 nitrogen and oxygen atoms in total.